The monoisotopic (exact) mass is 344 g/mol. The highest BCUT2D eigenvalue weighted by Gasteiger charge is 2.25. The van der Waals surface area contributed by atoms with E-state index in [1.165, 1.54) is 22.9 Å². The van der Waals surface area contributed by atoms with E-state index in [0.717, 1.165) is 13.0 Å². The molecule has 24 heavy (non-hydrogen) atoms. The molecule has 2 heterocycles. The maximum atomic E-state index is 12.7. The average Bonchev–Trinajstić information content (AvgIpc) is 2.57. The van der Waals surface area contributed by atoms with E-state index in [4.69, 9.17) is 11.5 Å². The number of anilines is 2. The third kappa shape index (κ3) is 3.76. The highest BCUT2D eigenvalue weighted by Crippen LogP contribution is 2.23. The largest absolute Gasteiger partial charge is 0.368 e. The quantitative estimate of drug-likeness (QED) is 0.858. The topological polar surface area (TPSA) is 111 Å². The van der Waals surface area contributed by atoms with Gasteiger partial charge < -0.3 is 16.4 Å². The van der Waals surface area contributed by atoms with Crippen LogP contribution in [0.1, 0.15) is 23.9 Å². The van der Waals surface area contributed by atoms with E-state index < -0.39 is 0 Å². The molecule has 0 bridgehead atoms. The molecule has 2 aromatic rings. The fourth-order valence-corrected chi connectivity index (χ4v) is 3.55. The van der Waals surface area contributed by atoms with Crippen molar-refractivity contribution < 1.29 is 4.79 Å². The molecule has 126 valence electrons. The van der Waals surface area contributed by atoms with Crippen molar-refractivity contribution in [1.29, 1.82) is 0 Å². The van der Waals surface area contributed by atoms with Crippen molar-refractivity contribution in [2.45, 2.75) is 30.9 Å². The fourth-order valence-electron chi connectivity index (χ4n) is 2.73. The molecule has 8 heteroatoms. The van der Waals surface area contributed by atoms with Crippen LogP contribution in [-0.4, -0.2) is 37.6 Å². The van der Waals surface area contributed by atoms with Crippen LogP contribution in [0.15, 0.2) is 24.3 Å². The van der Waals surface area contributed by atoms with E-state index >= 15 is 0 Å². The third-order valence-corrected chi connectivity index (χ3v) is 5.10. The van der Waals surface area contributed by atoms with Gasteiger partial charge in [-0.1, -0.05) is 24.3 Å². The summed E-state index contributed by atoms with van der Waals surface area (Å²) in [5.41, 5.74) is 13.7. The molecule has 0 spiro atoms. The number of hydrogen-bond donors (Lipinski definition) is 2. The van der Waals surface area contributed by atoms with Crippen molar-refractivity contribution in [2.24, 2.45) is 0 Å². The van der Waals surface area contributed by atoms with Crippen LogP contribution in [0.25, 0.3) is 0 Å². The first-order chi connectivity index (χ1) is 11.5. The second kappa shape index (κ2) is 7.04. The number of amides is 1. The van der Waals surface area contributed by atoms with Crippen LogP contribution in [0.5, 0.6) is 0 Å². The van der Waals surface area contributed by atoms with Gasteiger partial charge in [-0.25, -0.2) is 0 Å². The predicted octanol–water partition coefficient (Wildman–Crippen LogP) is 1.24. The van der Waals surface area contributed by atoms with Gasteiger partial charge in [0.2, 0.25) is 17.8 Å². The lowest BCUT2D eigenvalue weighted by atomic mass is 10.00. The Morgan fingerprint density at radius 2 is 1.88 bits per heavy atom. The van der Waals surface area contributed by atoms with Crippen molar-refractivity contribution in [3.8, 4) is 0 Å². The maximum absolute atomic E-state index is 12.7. The minimum Gasteiger partial charge on any atom is -0.368 e. The van der Waals surface area contributed by atoms with Gasteiger partial charge in [-0.3, -0.25) is 4.79 Å². The molecule has 0 saturated heterocycles. The van der Waals surface area contributed by atoms with Crippen LogP contribution in [-0.2, 0) is 23.5 Å². The van der Waals surface area contributed by atoms with E-state index in [2.05, 4.69) is 27.1 Å². The van der Waals surface area contributed by atoms with Gasteiger partial charge in [-0.15, -0.1) is 11.8 Å². The highest BCUT2D eigenvalue weighted by atomic mass is 32.2. The Hall–Kier alpha value is -2.35. The summed E-state index contributed by atoms with van der Waals surface area (Å²) in [7, 11) is 0. The van der Waals surface area contributed by atoms with E-state index in [1.54, 1.807) is 0 Å². The summed E-state index contributed by atoms with van der Waals surface area (Å²) in [4.78, 5) is 26.4. The van der Waals surface area contributed by atoms with Crippen LogP contribution in [0.3, 0.4) is 0 Å². The first kappa shape index (κ1) is 16.5. The van der Waals surface area contributed by atoms with Crippen molar-refractivity contribution >= 4 is 29.6 Å². The normalized spacial score (nSPS) is 15.0. The molecule has 1 atom stereocenters. The van der Waals surface area contributed by atoms with Crippen LogP contribution >= 0.6 is 11.8 Å². The molecule has 4 N–H and O–H groups in total. The SMILES string of the molecule is C[C@@H](SCc1nc(N)nc(N)n1)C(=O)N1CCc2ccccc2C1. The molecule has 0 fully saturated rings. The van der Waals surface area contributed by atoms with Crippen molar-refractivity contribution in [2.75, 3.05) is 18.0 Å². The first-order valence-electron chi connectivity index (χ1n) is 7.76. The molecule has 0 saturated carbocycles. The molecular weight excluding hydrogens is 324 g/mol. The maximum Gasteiger partial charge on any atom is 0.235 e. The second-order valence-electron chi connectivity index (χ2n) is 5.70. The van der Waals surface area contributed by atoms with Gasteiger partial charge in [-0.05, 0) is 24.5 Å². The number of rotatable bonds is 4. The zero-order valence-corrected chi connectivity index (χ0v) is 14.3. The molecular formula is C16H20N6OS. The third-order valence-electron chi connectivity index (χ3n) is 3.97. The van der Waals surface area contributed by atoms with Gasteiger partial charge in [0.1, 0.15) is 5.82 Å². The molecule has 0 radical (unpaired) electrons. The van der Waals surface area contributed by atoms with Gasteiger partial charge in [0.15, 0.2) is 0 Å². The summed E-state index contributed by atoms with van der Waals surface area (Å²) >= 11 is 1.47. The lowest BCUT2D eigenvalue weighted by Gasteiger charge is -2.30. The Bertz CT molecular complexity index is 733. The number of thioether (sulfide) groups is 1. The summed E-state index contributed by atoms with van der Waals surface area (Å²) in [5.74, 6) is 1.29. The Labute approximate surface area is 144 Å². The zero-order chi connectivity index (χ0) is 17.1. The second-order valence-corrected chi connectivity index (χ2v) is 7.03. The van der Waals surface area contributed by atoms with Crippen LogP contribution in [0.2, 0.25) is 0 Å². The smallest absolute Gasteiger partial charge is 0.235 e. The molecule has 0 unspecified atom stereocenters. The molecule has 1 aliphatic rings. The highest BCUT2D eigenvalue weighted by molar-refractivity contribution is 7.99. The van der Waals surface area contributed by atoms with E-state index in [-0.39, 0.29) is 23.1 Å². The van der Waals surface area contributed by atoms with Crippen LogP contribution in [0, 0.1) is 0 Å². The predicted molar refractivity (Wildman–Crippen MR) is 95.0 cm³/mol. The summed E-state index contributed by atoms with van der Waals surface area (Å²) in [6, 6.07) is 8.27. The molecule has 1 amide bonds. The van der Waals surface area contributed by atoms with Gasteiger partial charge in [0, 0.05) is 13.1 Å². The average molecular weight is 344 g/mol. The lowest BCUT2D eigenvalue weighted by Crippen LogP contribution is -2.40. The van der Waals surface area contributed by atoms with Gasteiger partial charge in [0.05, 0.1) is 11.0 Å². The molecule has 1 aliphatic heterocycles. The van der Waals surface area contributed by atoms with E-state index in [9.17, 15) is 4.79 Å². The Morgan fingerprint density at radius 3 is 2.58 bits per heavy atom. The van der Waals surface area contributed by atoms with Crippen molar-refractivity contribution in [3.63, 3.8) is 0 Å². The van der Waals surface area contributed by atoms with E-state index in [1.807, 2.05) is 24.0 Å². The van der Waals surface area contributed by atoms with Gasteiger partial charge in [0.25, 0.3) is 0 Å². The number of benzene rings is 1. The van der Waals surface area contributed by atoms with Gasteiger partial charge >= 0.3 is 0 Å². The standard InChI is InChI=1S/C16H20N6OS/c1-10(24-9-13-19-15(17)21-16(18)20-13)14(23)22-7-6-11-4-2-3-5-12(11)8-22/h2-5,10H,6-9H2,1H3,(H4,17,18,19,20,21)/t10-/m1/s1. The number of aromatic nitrogens is 3. The Morgan fingerprint density at radius 1 is 1.21 bits per heavy atom. The summed E-state index contributed by atoms with van der Waals surface area (Å²) in [6.45, 7) is 3.33. The lowest BCUT2D eigenvalue weighted by molar-refractivity contribution is -0.131. The number of nitrogen functional groups attached to an aromatic ring is 2. The van der Waals surface area contributed by atoms with Gasteiger partial charge in [-0.2, -0.15) is 15.0 Å². The van der Waals surface area contributed by atoms with Crippen molar-refractivity contribution in [1.82, 2.24) is 19.9 Å². The molecule has 0 aliphatic carbocycles. The minimum atomic E-state index is -0.186. The first-order valence-corrected chi connectivity index (χ1v) is 8.81. The van der Waals surface area contributed by atoms with Crippen LogP contribution < -0.4 is 11.5 Å². The van der Waals surface area contributed by atoms with Crippen LogP contribution in [0.4, 0.5) is 11.9 Å². The molecule has 1 aromatic heterocycles. The number of carbonyl (C=O) groups excluding carboxylic acids is 1. The minimum absolute atomic E-state index is 0.102. The number of nitrogens with zero attached hydrogens (tertiary/aromatic N) is 4. The number of fused-ring (bicyclic) bond motifs is 1. The summed E-state index contributed by atoms with van der Waals surface area (Å²) < 4.78 is 0. The van der Waals surface area contributed by atoms with E-state index in [0.29, 0.717) is 18.1 Å². The zero-order valence-electron chi connectivity index (χ0n) is 13.5. The summed E-state index contributed by atoms with van der Waals surface area (Å²) in [5, 5.41) is -0.186. The molecule has 1 aromatic carbocycles. The Kier molecular flexibility index (Phi) is 4.84. The number of carbonyl (C=O) groups is 1. The summed E-state index contributed by atoms with van der Waals surface area (Å²) in [6.07, 6.45) is 0.903. The Balaban J connectivity index is 1.59. The number of hydrogen-bond acceptors (Lipinski definition) is 7. The van der Waals surface area contributed by atoms with Crippen molar-refractivity contribution in [3.05, 3.63) is 41.2 Å². The molecule has 7 nitrogen and oxygen atoms in total. The fraction of sp³-hybridized carbons (Fsp3) is 0.375. The number of nitrogens with two attached hydrogens (primary N) is 2. The molecule has 3 rings (SSSR count).